The van der Waals surface area contributed by atoms with Gasteiger partial charge in [0.05, 0.1) is 11.8 Å². The summed E-state index contributed by atoms with van der Waals surface area (Å²) in [4.78, 5) is 0. The molecule has 2 nitrogen and oxygen atoms in total. The number of imidazole rings is 1. The largest absolute Gasteiger partial charge is 0.319 e. The zero-order valence-corrected chi connectivity index (χ0v) is 11.8. The number of hydrogen-bond donors (Lipinski definition) is 0. The van der Waals surface area contributed by atoms with E-state index < -0.39 is 0 Å². The Balaban J connectivity index is 2.24. The second kappa shape index (κ2) is 3.50. The van der Waals surface area contributed by atoms with Gasteiger partial charge in [0.25, 0.3) is 0 Å². The van der Waals surface area contributed by atoms with E-state index in [4.69, 9.17) is 0 Å². The lowest BCUT2D eigenvalue weighted by Crippen LogP contribution is -2.29. The van der Waals surface area contributed by atoms with E-state index in [2.05, 4.69) is 63.3 Å². The smallest absolute Gasteiger partial charge is 0.220 e. The van der Waals surface area contributed by atoms with Crippen LogP contribution >= 0.6 is 27.7 Å². The summed E-state index contributed by atoms with van der Waals surface area (Å²) < 4.78 is 5.02. The summed E-state index contributed by atoms with van der Waals surface area (Å²) in [6.07, 6.45) is 0. The van der Waals surface area contributed by atoms with Crippen molar-refractivity contribution in [1.82, 2.24) is 4.57 Å². The maximum Gasteiger partial charge on any atom is 0.319 e. The van der Waals surface area contributed by atoms with Gasteiger partial charge >= 0.3 is 5.16 Å². The zero-order chi connectivity index (χ0) is 11.3. The summed E-state index contributed by atoms with van der Waals surface area (Å²) in [7, 11) is 2.15. The molecule has 1 aromatic carbocycles. The molecular formula is C12H14BrN2S+. The maximum absolute atomic E-state index is 3.62. The van der Waals surface area contributed by atoms with Crippen molar-refractivity contribution in [3.05, 3.63) is 24.3 Å². The number of para-hydroxylation sites is 2. The van der Waals surface area contributed by atoms with E-state index in [1.807, 2.05) is 11.8 Å². The molecule has 0 saturated carbocycles. The SMILES string of the molecule is C[n+]1c2n(c3ccccc31)C[C@@](C)(CBr)S2. The van der Waals surface area contributed by atoms with Gasteiger partial charge in [0.1, 0.15) is 6.54 Å². The highest BCUT2D eigenvalue weighted by Gasteiger charge is 2.42. The minimum Gasteiger partial charge on any atom is -0.220 e. The first-order chi connectivity index (χ1) is 7.64. The van der Waals surface area contributed by atoms with E-state index in [1.165, 1.54) is 16.2 Å². The van der Waals surface area contributed by atoms with Crippen LogP contribution in [0.4, 0.5) is 0 Å². The molecule has 0 amide bonds. The van der Waals surface area contributed by atoms with Crippen molar-refractivity contribution < 1.29 is 4.57 Å². The molecule has 84 valence electrons. The van der Waals surface area contributed by atoms with Crippen molar-refractivity contribution in [3.63, 3.8) is 0 Å². The van der Waals surface area contributed by atoms with Gasteiger partial charge in [0.15, 0.2) is 11.0 Å². The van der Waals surface area contributed by atoms with Crippen LogP contribution in [0.5, 0.6) is 0 Å². The van der Waals surface area contributed by atoms with Crippen molar-refractivity contribution in [2.45, 2.75) is 23.4 Å². The summed E-state index contributed by atoms with van der Waals surface area (Å²) in [6.45, 7) is 3.40. The Morgan fingerprint density at radius 2 is 2.25 bits per heavy atom. The first-order valence-electron chi connectivity index (χ1n) is 5.37. The molecular weight excluding hydrogens is 284 g/mol. The average molecular weight is 298 g/mol. The van der Waals surface area contributed by atoms with Crippen LogP contribution in [0, 0.1) is 0 Å². The second-order valence-corrected chi connectivity index (χ2v) is 6.72. The molecule has 0 spiro atoms. The van der Waals surface area contributed by atoms with Gasteiger partial charge in [-0.2, -0.15) is 0 Å². The van der Waals surface area contributed by atoms with Crippen LogP contribution < -0.4 is 4.57 Å². The maximum atomic E-state index is 3.62. The average Bonchev–Trinajstić information content (AvgIpc) is 2.77. The molecule has 1 aliphatic heterocycles. The molecule has 0 radical (unpaired) electrons. The van der Waals surface area contributed by atoms with Crippen molar-refractivity contribution in [3.8, 4) is 0 Å². The van der Waals surface area contributed by atoms with Gasteiger partial charge in [-0.1, -0.05) is 28.1 Å². The standard InChI is InChI=1S/C12H14BrN2S/c1-12(7-13)8-15-10-6-4-3-5-9(10)14(2)11(15)16-12/h3-6H,7-8H2,1-2H3/q+1/t12-/m1/s1. The molecule has 0 fully saturated rings. The Labute approximate surface area is 108 Å². The van der Waals surface area contributed by atoms with E-state index in [1.54, 1.807) is 0 Å². The first-order valence-corrected chi connectivity index (χ1v) is 7.31. The summed E-state index contributed by atoms with van der Waals surface area (Å²) in [5.74, 6) is 0. The highest BCUT2D eigenvalue weighted by atomic mass is 79.9. The Morgan fingerprint density at radius 1 is 1.50 bits per heavy atom. The zero-order valence-electron chi connectivity index (χ0n) is 9.40. The fraction of sp³-hybridized carbons (Fsp3) is 0.417. The van der Waals surface area contributed by atoms with Crippen LogP contribution in [0.2, 0.25) is 0 Å². The number of benzene rings is 1. The van der Waals surface area contributed by atoms with Crippen LogP contribution in [0.1, 0.15) is 6.92 Å². The van der Waals surface area contributed by atoms with Crippen LogP contribution in [0.15, 0.2) is 29.4 Å². The fourth-order valence-electron chi connectivity index (χ4n) is 2.30. The van der Waals surface area contributed by atoms with E-state index in [9.17, 15) is 0 Å². The quantitative estimate of drug-likeness (QED) is 0.581. The van der Waals surface area contributed by atoms with Gasteiger partial charge in [-0.3, -0.25) is 0 Å². The van der Waals surface area contributed by atoms with Gasteiger partial charge in [-0.05, 0) is 30.8 Å². The third-order valence-corrected chi connectivity index (χ3v) is 6.22. The second-order valence-electron chi connectivity index (χ2n) is 4.60. The first kappa shape index (κ1) is 10.7. The number of aryl methyl sites for hydroxylation is 1. The van der Waals surface area contributed by atoms with E-state index in [-0.39, 0.29) is 4.75 Å². The van der Waals surface area contributed by atoms with Crippen LogP contribution in [0.25, 0.3) is 11.0 Å². The number of nitrogens with zero attached hydrogens (tertiary/aromatic N) is 2. The topological polar surface area (TPSA) is 8.81 Å². The Kier molecular flexibility index (Phi) is 2.33. The number of aromatic nitrogens is 2. The van der Waals surface area contributed by atoms with Crippen molar-refractivity contribution >= 4 is 38.7 Å². The lowest BCUT2D eigenvalue weighted by Gasteiger charge is -2.14. The van der Waals surface area contributed by atoms with Crippen molar-refractivity contribution in [2.24, 2.45) is 7.05 Å². The number of hydrogen-bond acceptors (Lipinski definition) is 1. The third-order valence-electron chi connectivity index (χ3n) is 3.16. The van der Waals surface area contributed by atoms with Crippen LogP contribution in [-0.4, -0.2) is 14.6 Å². The Hall–Kier alpha value is -0.480. The number of thioether (sulfide) groups is 1. The number of alkyl halides is 1. The molecule has 0 saturated heterocycles. The van der Waals surface area contributed by atoms with Gasteiger partial charge < -0.3 is 0 Å². The van der Waals surface area contributed by atoms with Gasteiger partial charge in [0.2, 0.25) is 0 Å². The molecule has 4 heteroatoms. The van der Waals surface area contributed by atoms with Crippen molar-refractivity contribution in [2.75, 3.05) is 5.33 Å². The summed E-state index contributed by atoms with van der Waals surface area (Å²) >= 11 is 5.59. The monoisotopic (exact) mass is 297 g/mol. The van der Waals surface area contributed by atoms with Crippen molar-refractivity contribution in [1.29, 1.82) is 0 Å². The van der Waals surface area contributed by atoms with E-state index in [0.717, 1.165) is 11.9 Å². The lowest BCUT2D eigenvalue weighted by molar-refractivity contribution is -0.685. The highest BCUT2D eigenvalue weighted by molar-refractivity contribution is 9.09. The third kappa shape index (κ3) is 1.36. The molecule has 16 heavy (non-hydrogen) atoms. The number of rotatable bonds is 1. The number of fused-ring (bicyclic) bond motifs is 3. The summed E-state index contributed by atoms with van der Waals surface area (Å²) in [5, 5.41) is 2.39. The minimum atomic E-state index is 0.289. The molecule has 3 rings (SSSR count). The molecule has 2 heterocycles. The molecule has 0 unspecified atom stereocenters. The molecule has 2 aromatic rings. The highest BCUT2D eigenvalue weighted by Crippen LogP contribution is 2.42. The van der Waals surface area contributed by atoms with Gasteiger partial charge in [0, 0.05) is 5.33 Å². The van der Waals surface area contributed by atoms with Crippen LogP contribution in [0.3, 0.4) is 0 Å². The van der Waals surface area contributed by atoms with E-state index in [0.29, 0.717) is 0 Å². The fourth-order valence-corrected chi connectivity index (χ4v) is 4.01. The molecule has 0 aliphatic carbocycles. The lowest BCUT2D eigenvalue weighted by atomic mass is 10.2. The van der Waals surface area contributed by atoms with Gasteiger partial charge in [-0.25, -0.2) is 9.13 Å². The summed E-state index contributed by atoms with van der Waals surface area (Å²) in [6, 6.07) is 8.61. The minimum absolute atomic E-state index is 0.289. The normalized spacial score (nSPS) is 23.9. The number of halogens is 1. The summed E-state index contributed by atoms with van der Waals surface area (Å²) in [5.41, 5.74) is 2.67. The van der Waals surface area contributed by atoms with E-state index >= 15 is 0 Å². The van der Waals surface area contributed by atoms with Gasteiger partial charge in [-0.15, -0.1) is 0 Å². The Morgan fingerprint density at radius 3 is 3.00 bits per heavy atom. The molecule has 0 bridgehead atoms. The molecule has 1 aliphatic rings. The predicted molar refractivity (Wildman–Crippen MR) is 71.2 cm³/mol. The van der Waals surface area contributed by atoms with Crippen LogP contribution in [-0.2, 0) is 13.6 Å². The molecule has 1 aromatic heterocycles. The molecule has 0 N–H and O–H groups in total. The Bertz CT molecular complexity index is 563. The predicted octanol–water partition coefficient (Wildman–Crippen LogP) is 2.73. The molecule has 1 atom stereocenters.